The molecule has 112 valence electrons. The zero-order chi connectivity index (χ0) is 14.9. The van der Waals surface area contributed by atoms with E-state index in [1.165, 1.54) is 7.05 Å². The Morgan fingerprint density at radius 2 is 1.80 bits per heavy atom. The Balaban J connectivity index is 2.45. The van der Waals surface area contributed by atoms with Crippen LogP contribution in [0, 0.1) is 17.5 Å². The Labute approximate surface area is 116 Å². The van der Waals surface area contributed by atoms with Crippen LogP contribution in [0.15, 0.2) is 12.1 Å². The quantitative estimate of drug-likeness (QED) is 0.872. The van der Waals surface area contributed by atoms with E-state index in [-0.39, 0.29) is 11.3 Å². The largest absolute Gasteiger partial charge is 0.312 e. The Morgan fingerprint density at radius 3 is 2.40 bits per heavy atom. The van der Waals surface area contributed by atoms with Gasteiger partial charge < -0.3 is 5.32 Å². The van der Waals surface area contributed by atoms with Gasteiger partial charge in [0, 0.05) is 11.6 Å². The van der Waals surface area contributed by atoms with Gasteiger partial charge >= 0.3 is 0 Å². The molecule has 1 aliphatic heterocycles. The summed E-state index contributed by atoms with van der Waals surface area (Å²) in [6.45, 7) is 0. The Hall–Kier alpha value is -1.08. The molecule has 7 heteroatoms. The average Bonchev–Trinajstić information content (AvgIpc) is 2.37. The summed E-state index contributed by atoms with van der Waals surface area (Å²) in [5, 5.41) is 1.90. The normalized spacial score (nSPS) is 23.5. The van der Waals surface area contributed by atoms with Crippen molar-refractivity contribution < 1.29 is 21.6 Å². The van der Waals surface area contributed by atoms with Crippen LogP contribution < -0.4 is 5.32 Å². The molecule has 1 saturated heterocycles. The molecule has 3 nitrogen and oxygen atoms in total. The maximum atomic E-state index is 13.8. The molecule has 1 aromatic carbocycles. The molecular weight excluding hydrogens is 291 g/mol. The number of rotatable bonds is 3. The van der Waals surface area contributed by atoms with Gasteiger partial charge in [0.15, 0.2) is 21.5 Å². The molecule has 0 aromatic heterocycles. The molecule has 0 bridgehead atoms. The number of nitrogens with one attached hydrogen (secondary N) is 1. The van der Waals surface area contributed by atoms with Crippen LogP contribution in [0.2, 0.25) is 0 Å². The maximum Gasteiger partial charge on any atom is 0.161 e. The first-order valence-corrected chi connectivity index (χ1v) is 8.11. The van der Waals surface area contributed by atoms with Gasteiger partial charge in [-0.25, -0.2) is 21.6 Å². The van der Waals surface area contributed by atoms with Gasteiger partial charge in [-0.3, -0.25) is 0 Å². The van der Waals surface area contributed by atoms with Gasteiger partial charge in [-0.2, -0.15) is 0 Å². The van der Waals surface area contributed by atoms with Crippen molar-refractivity contribution in [1.82, 2.24) is 5.32 Å². The minimum absolute atomic E-state index is 0.0428. The summed E-state index contributed by atoms with van der Waals surface area (Å²) in [4.78, 5) is 0. The van der Waals surface area contributed by atoms with Gasteiger partial charge in [-0.05, 0) is 26.0 Å². The minimum Gasteiger partial charge on any atom is -0.312 e. The molecule has 0 spiro atoms. The highest BCUT2D eigenvalue weighted by Crippen LogP contribution is 2.32. The first-order valence-electron chi connectivity index (χ1n) is 6.40. The fraction of sp³-hybridized carbons (Fsp3) is 0.538. The number of sulfone groups is 1. The van der Waals surface area contributed by atoms with Gasteiger partial charge in [0.05, 0.1) is 17.0 Å². The van der Waals surface area contributed by atoms with Gasteiger partial charge in [0.1, 0.15) is 5.82 Å². The topological polar surface area (TPSA) is 46.2 Å². The maximum absolute atomic E-state index is 13.8. The molecule has 2 rings (SSSR count). The monoisotopic (exact) mass is 307 g/mol. The van der Waals surface area contributed by atoms with Crippen LogP contribution in [-0.4, -0.2) is 26.5 Å². The molecule has 0 saturated carbocycles. The van der Waals surface area contributed by atoms with E-state index in [1.807, 2.05) is 0 Å². The highest BCUT2D eigenvalue weighted by molar-refractivity contribution is 7.92. The highest BCUT2D eigenvalue weighted by atomic mass is 32.2. The van der Waals surface area contributed by atoms with Gasteiger partial charge in [0.25, 0.3) is 0 Å². The van der Waals surface area contributed by atoms with Gasteiger partial charge in [-0.1, -0.05) is 6.42 Å². The summed E-state index contributed by atoms with van der Waals surface area (Å²) >= 11 is 0. The Bertz CT molecular complexity index is 604. The number of halogens is 3. The summed E-state index contributed by atoms with van der Waals surface area (Å²) in [5.41, 5.74) is -0.151. The molecular formula is C13H16F3NO2S. The lowest BCUT2D eigenvalue weighted by molar-refractivity contribution is 0.441. The Morgan fingerprint density at radius 1 is 1.15 bits per heavy atom. The van der Waals surface area contributed by atoms with E-state index < -0.39 is 38.6 Å². The van der Waals surface area contributed by atoms with Crippen molar-refractivity contribution in [2.75, 3.05) is 12.8 Å². The molecule has 1 fully saturated rings. The highest BCUT2D eigenvalue weighted by Gasteiger charge is 2.37. The third kappa shape index (κ3) is 2.83. The lowest BCUT2D eigenvalue weighted by Crippen LogP contribution is -2.39. The molecule has 1 aliphatic rings. The third-order valence-corrected chi connectivity index (χ3v) is 5.97. The second-order valence-electron chi connectivity index (χ2n) is 4.96. The second kappa shape index (κ2) is 5.73. The smallest absolute Gasteiger partial charge is 0.161 e. The lowest BCUT2D eigenvalue weighted by Gasteiger charge is -2.30. The first kappa shape index (κ1) is 15.3. The van der Waals surface area contributed by atoms with Crippen LogP contribution in [0.5, 0.6) is 0 Å². The predicted octanol–water partition coefficient (Wildman–Crippen LogP) is 2.33. The van der Waals surface area contributed by atoms with Crippen LogP contribution in [-0.2, 0) is 9.84 Å². The van der Waals surface area contributed by atoms with E-state index >= 15 is 0 Å². The van der Waals surface area contributed by atoms with Gasteiger partial charge in [-0.15, -0.1) is 0 Å². The fourth-order valence-electron chi connectivity index (χ4n) is 2.67. The number of benzene rings is 1. The standard InChI is InChI=1S/C13H16F3NO2S/c1-17-13(12-4-2-3-5-20(12,18)19)8-6-10(15)11(16)7-9(8)14/h6-7,12-13,17H,2-5H2,1H3. The van der Waals surface area contributed by atoms with Crippen molar-refractivity contribution in [3.63, 3.8) is 0 Å². The van der Waals surface area contributed by atoms with E-state index in [0.29, 0.717) is 25.3 Å². The van der Waals surface area contributed by atoms with Crippen molar-refractivity contribution in [3.8, 4) is 0 Å². The van der Waals surface area contributed by atoms with E-state index in [4.69, 9.17) is 0 Å². The molecule has 1 N–H and O–H groups in total. The molecule has 2 unspecified atom stereocenters. The summed E-state index contributed by atoms with van der Waals surface area (Å²) in [6, 6.07) is 0.302. The summed E-state index contributed by atoms with van der Waals surface area (Å²) in [5.74, 6) is -3.37. The SMILES string of the molecule is CNC(c1cc(F)c(F)cc1F)C1CCCCS1(=O)=O. The zero-order valence-electron chi connectivity index (χ0n) is 11.0. The molecule has 1 aromatic rings. The average molecular weight is 307 g/mol. The zero-order valence-corrected chi connectivity index (χ0v) is 11.8. The number of hydrogen-bond donors (Lipinski definition) is 1. The first-order chi connectivity index (χ1) is 9.36. The van der Waals surface area contributed by atoms with Crippen molar-refractivity contribution in [3.05, 3.63) is 35.1 Å². The van der Waals surface area contributed by atoms with E-state index in [2.05, 4.69) is 5.32 Å². The minimum atomic E-state index is -3.37. The van der Waals surface area contributed by atoms with E-state index in [9.17, 15) is 21.6 Å². The van der Waals surface area contributed by atoms with Crippen LogP contribution in [0.1, 0.15) is 30.9 Å². The number of hydrogen-bond acceptors (Lipinski definition) is 3. The summed E-state index contributed by atoms with van der Waals surface area (Å²) in [7, 11) is -1.89. The van der Waals surface area contributed by atoms with E-state index in [0.717, 1.165) is 6.07 Å². The Kier molecular flexibility index (Phi) is 4.39. The molecule has 2 atom stereocenters. The van der Waals surface area contributed by atoms with Crippen LogP contribution in [0.3, 0.4) is 0 Å². The summed E-state index contributed by atoms with van der Waals surface area (Å²) < 4.78 is 64.3. The van der Waals surface area contributed by atoms with Crippen molar-refractivity contribution >= 4 is 9.84 Å². The van der Waals surface area contributed by atoms with E-state index in [1.54, 1.807) is 0 Å². The molecule has 0 amide bonds. The van der Waals surface area contributed by atoms with Crippen LogP contribution in [0.25, 0.3) is 0 Å². The van der Waals surface area contributed by atoms with Crippen LogP contribution in [0.4, 0.5) is 13.2 Å². The third-order valence-electron chi connectivity index (χ3n) is 3.69. The van der Waals surface area contributed by atoms with Crippen molar-refractivity contribution in [2.24, 2.45) is 0 Å². The predicted molar refractivity (Wildman–Crippen MR) is 69.5 cm³/mol. The summed E-state index contributed by atoms with van der Waals surface area (Å²) in [6.07, 6.45) is 1.68. The fourth-order valence-corrected chi connectivity index (χ4v) is 4.80. The van der Waals surface area contributed by atoms with Gasteiger partial charge in [0.2, 0.25) is 0 Å². The van der Waals surface area contributed by atoms with Crippen molar-refractivity contribution in [2.45, 2.75) is 30.6 Å². The van der Waals surface area contributed by atoms with Crippen molar-refractivity contribution in [1.29, 1.82) is 0 Å². The molecule has 20 heavy (non-hydrogen) atoms. The second-order valence-corrected chi connectivity index (χ2v) is 7.29. The molecule has 0 aliphatic carbocycles. The molecule has 1 heterocycles. The lowest BCUT2D eigenvalue weighted by atomic mass is 9.99. The molecule has 0 radical (unpaired) electrons. The van der Waals surface area contributed by atoms with Crippen LogP contribution >= 0.6 is 0 Å².